The number of nitrogen functional groups attached to an aromatic ring is 1. The average Bonchev–Trinajstić information content (AvgIpc) is 2.38. The summed E-state index contributed by atoms with van der Waals surface area (Å²) in [6.45, 7) is 1.54. The number of benzene rings is 2. The number of halogens is 1. The zero-order valence-electron chi connectivity index (χ0n) is 10.4. The van der Waals surface area contributed by atoms with Gasteiger partial charge in [-0.1, -0.05) is 30.3 Å². The van der Waals surface area contributed by atoms with E-state index in [9.17, 15) is 12.8 Å². The third-order valence-corrected chi connectivity index (χ3v) is 5.14. The summed E-state index contributed by atoms with van der Waals surface area (Å²) in [7, 11) is -3.77. The van der Waals surface area contributed by atoms with Crippen molar-refractivity contribution in [2.45, 2.75) is 17.1 Å². The van der Waals surface area contributed by atoms with E-state index in [2.05, 4.69) is 0 Å². The van der Waals surface area contributed by atoms with Crippen LogP contribution < -0.4 is 5.73 Å². The Bertz CT molecular complexity index is 684. The summed E-state index contributed by atoms with van der Waals surface area (Å²) in [5.41, 5.74) is 6.24. The molecule has 5 heteroatoms. The van der Waals surface area contributed by atoms with Crippen LogP contribution in [0.1, 0.15) is 17.7 Å². The van der Waals surface area contributed by atoms with Gasteiger partial charge in [-0.3, -0.25) is 0 Å². The van der Waals surface area contributed by atoms with Crippen LogP contribution in [0.15, 0.2) is 53.4 Å². The molecule has 0 bridgehead atoms. The van der Waals surface area contributed by atoms with E-state index in [0.717, 1.165) is 6.07 Å². The molecule has 0 amide bonds. The van der Waals surface area contributed by atoms with E-state index in [1.807, 2.05) is 0 Å². The molecule has 2 rings (SSSR count). The topological polar surface area (TPSA) is 60.2 Å². The highest BCUT2D eigenvalue weighted by molar-refractivity contribution is 7.91. The average molecular weight is 279 g/mol. The van der Waals surface area contributed by atoms with Crippen molar-refractivity contribution in [3.63, 3.8) is 0 Å². The molecule has 2 aromatic rings. The van der Waals surface area contributed by atoms with Crippen molar-refractivity contribution in [1.82, 2.24) is 0 Å². The van der Waals surface area contributed by atoms with E-state index in [0.29, 0.717) is 5.56 Å². The van der Waals surface area contributed by atoms with Crippen LogP contribution in [0.5, 0.6) is 0 Å². The van der Waals surface area contributed by atoms with Gasteiger partial charge in [-0.15, -0.1) is 0 Å². The SMILES string of the molecule is CC(c1ccccc1)S(=O)(=O)c1ccc(N)cc1F. The van der Waals surface area contributed by atoms with Gasteiger partial charge in [0.2, 0.25) is 0 Å². The van der Waals surface area contributed by atoms with Crippen molar-refractivity contribution >= 4 is 15.5 Å². The van der Waals surface area contributed by atoms with Gasteiger partial charge in [0.25, 0.3) is 0 Å². The summed E-state index contributed by atoms with van der Waals surface area (Å²) < 4.78 is 38.5. The first-order chi connectivity index (χ1) is 8.93. The molecule has 0 aliphatic carbocycles. The van der Waals surface area contributed by atoms with Gasteiger partial charge < -0.3 is 5.73 Å². The highest BCUT2D eigenvalue weighted by atomic mass is 32.2. The number of anilines is 1. The predicted octanol–water partition coefficient (Wildman–Crippen LogP) is 2.94. The molecular formula is C14H14FNO2S. The summed E-state index contributed by atoms with van der Waals surface area (Å²) in [5, 5.41) is -0.813. The normalized spacial score (nSPS) is 13.2. The van der Waals surface area contributed by atoms with Gasteiger partial charge in [-0.25, -0.2) is 12.8 Å². The largest absolute Gasteiger partial charge is 0.399 e. The Kier molecular flexibility index (Phi) is 3.57. The molecular weight excluding hydrogens is 265 g/mol. The van der Waals surface area contributed by atoms with Gasteiger partial charge in [0.15, 0.2) is 9.84 Å². The van der Waals surface area contributed by atoms with E-state index < -0.39 is 20.9 Å². The maximum atomic E-state index is 13.8. The molecule has 1 unspecified atom stereocenters. The number of sulfone groups is 1. The van der Waals surface area contributed by atoms with E-state index in [1.165, 1.54) is 12.1 Å². The third-order valence-electron chi connectivity index (χ3n) is 3.00. The van der Waals surface area contributed by atoms with Crippen molar-refractivity contribution in [1.29, 1.82) is 0 Å². The van der Waals surface area contributed by atoms with Crippen LogP contribution >= 0.6 is 0 Å². The Morgan fingerprint density at radius 3 is 2.32 bits per heavy atom. The van der Waals surface area contributed by atoms with Crippen molar-refractivity contribution < 1.29 is 12.8 Å². The standard InChI is InChI=1S/C14H14FNO2S/c1-10(11-5-3-2-4-6-11)19(17,18)14-8-7-12(16)9-13(14)15/h2-10H,16H2,1H3. The molecule has 0 heterocycles. The summed E-state index contributed by atoms with van der Waals surface area (Å²) >= 11 is 0. The molecule has 0 radical (unpaired) electrons. The first-order valence-electron chi connectivity index (χ1n) is 5.77. The Labute approximate surface area is 111 Å². The fraction of sp³-hybridized carbons (Fsp3) is 0.143. The first-order valence-corrected chi connectivity index (χ1v) is 7.31. The molecule has 0 saturated carbocycles. The van der Waals surface area contributed by atoms with Gasteiger partial charge >= 0.3 is 0 Å². The number of rotatable bonds is 3. The molecule has 100 valence electrons. The van der Waals surface area contributed by atoms with Crippen LogP contribution in [0, 0.1) is 5.82 Å². The zero-order chi connectivity index (χ0) is 14.0. The minimum absolute atomic E-state index is 0.198. The van der Waals surface area contributed by atoms with E-state index in [4.69, 9.17) is 5.73 Å². The molecule has 0 aliphatic rings. The van der Waals surface area contributed by atoms with Gasteiger partial charge in [0, 0.05) is 5.69 Å². The summed E-state index contributed by atoms with van der Waals surface area (Å²) in [5.74, 6) is -0.817. The molecule has 2 N–H and O–H groups in total. The Hall–Kier alpha value is -1.88. The molecule has 3 nitrogen and oxygen atoms in total. The highest BCUT2D eigenvalue weighted by Crippen LogP contribution is 2.30. The van der Waals surface area contributed by atoms with Crippen LogP contribution in [0.2, 0.25) is 0 Å². The van der Waals surface area contributed by atoms with Crippen LogP contribution in [-0.4, -0.2) is 8.42 Å². The van der Waals surface area contributed by atoms with Gasteiger partial charge in [-0.2, -0.15) is 0 Å². The second-order valence-electron chi connectivity index (χ2n) is 4.29. The molecule has 2 aromatic carbocycles. The number of nitrogens with two attached hydrogens (primary N) is 1. The lowest BCUT2D eigenvalue weighted by molar-refractivity contribution is 0.560. The molecule has 0 saturated heterocycles. The molecule has 0 fully saturated rings. The quantitative estimate of drug-likeness (QED) is 0.879. The van der Waals surface area contributed by atoms with E-state index in [1.54, 1.807) is 37.3 Å². The molecule has 19 heavy (non-hydrogen) atoms. The van der Waals surface area contributed by atoms with Gasteiger partial charge in [0.1, 0.15) is 10.7 Å². The van der Waals surface area contributed by atoms with Crippen LogP contribution in [-0.2, 0) is 9.84 Å². The Morgan fingerprint density at radius 1 is 1.11 bits per heavy atom. The lowest BCUT2D eigenvalue weighted by Gasteiger charge is -2.14. The Balaban J connectivity index is 2.48. The van der Waals surface area contributed by atoms with Gasteiger partial charge in [-0.05, 0) is 30.7 Å². The fourth-order valence-electron chi connectivity index (χ4n) is 1.84. The minimum Gasteiger partial charge on any atom is -0.399 e. The molecule has 0 aromatic heterocycles. The van der Waals surface area contributed by atoms with E-state index in [-0.39, 0.29) is 10.6 Å². The zero-order valence-corrected chi connectivity index (χ0v) is 11.2. The first kappa shape index (κ1) is 13.5. The highest BCUT2D eigenvalue weighted by Gasteiger charge is 2.27. The van der Waals surface area contributed by atoms with Crippen molar-refractivity contribution in [3.05, 3.63) is 59.9 Å². The van der Waals surface area contributed by atoms with Crippen molar-refractivity contribution in [2.24, 2.45) is 0 Å². The monoisotopic (exact) mass is 279 g/mol. The summed E-state index contributed by atoms with van der Waals surface area (Å²) in [6, 6.07) is 12.3. The maximum Gasteiger partial charge on any atom is 0.187 e. The molecule has 0 spiro atoms. The lowest BCUT2D eigenvalue weighted by Crippen LogP contribution is -2.12. The smallest absolute Gasteiger partial charge is 0.187 e. The molecule has 0 aliphatic heterocycles. The van der Waals surface area contributed by atoms with Crippen molar-refractivity contribution in [3.8, 4) is 0 Å². The second kappa shape index (κ2) is 5.01. The van der Waals surface area contributed by atoms with Crippen molar-refractivity contribution in [2.75, 3.05) is 5.73 Å². The third kappa shape index (κ3) is 2.61. The summed E-state index contributed by atoms with van der Waals surface area (Å²) in [4.78, 5) is -0.321. The lowest BCUT2D eigenvalue weighted by atomic mass is 10.2. The summed E-state index contributed by atoms with van der Waals surface area (Å²) in [6.07, 6.45) is 0. The van der Waals surface area contributed by atoms with Crippen LogP contribution in [0.25, 0.3) is 0 Å². The predicted molar refractivity (Wildman–Crippen MR) is 72.9 cm³/mol. The molecule has 1 atom stereocenters. The maximum absolute atomic E-state index is 13.8. The minimum atomic E-state index is -3.77. The second-order valence-corrected chi connectivity index (χ2v) is 6.52. The Morgan fingerprint density at radius 2 is 1.74 bits per heavy atom. The number of hydrogen-bond donors (Lipinski definition) is 1. The van der Waals surface area contributed by atoms with Crippen LogP contribution in [0.3, 0.4) is 0 Å². The number of hydrogen-bond acceptors (Lipinski definition) is 3. The van der Waals surface area contributed by atoms with Crippen LogP contribution in [0.4, 0.5) is 10.1 Å². The van der Waals surface area contributed by atoms with Gasteiger partial charge in [0.05, 0.1) is 5.25 Å². The fourth-order valence-corrected chi connectivity index (χ4v) is 3.33. The van der Waals surface area contributed by atoms with E-state index >= 15 is 0 Å².